The zero-order valence-electron chi connectivity index (χ0n) is 16.1. The number of pyridine rings is 1. The van der Waals surface area contributed by atoms with Gasteiger partial charge in [-0.25, -0.2) is 13.6 Å². The molecule has 1 saturated heterocycles. The van der Waals surface area contributed by atoms with Crippen molar-refractivity contribution in [2.45, 2.75) is 31.0 Å². The van der Waals surface area contributed by atoms with Gasteiger partial charge in [0, 0.05) is 37.4 Å². The highest BCUT2D eigenvalue weighted by Crippen LogP contribution is 2.42. The molecule has 2 fully saturated rings. The molecular formula is C19H23F2N5O3. The van der Waals surface area contributed by atoms with Crippen LogP contribution in [-0.2, 0) is 0 Å². The van der Waals surface area contributed by atoms with E-state index in [1.165, 1.54) is 4.57 Å². The highest BCUT2D eigenvalue weighted by atomic mass is 19.1. The van der Waals surface area contributed by atoms with Gasteiger partial charge in [-0.05, 0) is 26.9 Å². The Labute approximate surface area is 165 Å². The van der Waals surface area contributed by atoms with Crippen molar-refractivity contribution in [1.29, 1.82) is 0 Å². The van der Waals surface area contributed by atoms with Crippen molar-refractivity contribution in [2.75, 3.05) is 37.8 Å². The van der Waals surface area contributed by atoms with Crippen LogP contribution in [0.5, 0.6) is 0 Å². The number of anilines is 2. The Bertz CT molecular complexity index is 1050. The number of hydrogen-bond acceptors (Lipinski definition) is 6. The summed E-state index contributed by atoms with van der Waals surface area (Å²) in [5.41, 5.74) is 3.48. The summed E-state index contributed by atoms with van der Waals surface area (Å²) in [6.07, 6.45) is 2.58. The maximum atomic E-state index is 15.7. The molecule has 2 atom stereocenters. The predicted molar refractivity (Wildman–Crippen MR) is 106 cm³/mol. The van der Waals surface area contributed by atoms with Gasteiger partial charge >= 0.3 is 5.97 Å². The smallest absolute Gasteiger partial charge is 0.341 e. The Hall–Kier alpha value is -2.72. The summed E-state index contributed by atoms with van der Waals surface area (Å²) in [6, 6.07) is -0.205. The van der Waals surface area contributed by atoms with Crippen LogP contribution in [0.1, 0.15) is 29.2 Å². The highest BCUT2D eigenvalue weighted by molar-refractivity contribution is 5.99. The van der Waals surface area contributed by atoms with Crippen LogP contribution in [0.3, 0.4) is 0 Å². The number of aromatic nitrogens is 1. The number of fused-ring (bicyclic) bond motifs is 1. The second kappa shape index (κ2) is 6.96. The summed E-state index contributed by atoms with van der Waals surface area (Å²) in [5, 5.41) is 15.2. The van der Waals surface area contributed by atoms with Gasteiger partial charge in [-0.15, -0.1) is 0 Å². The molecule has 1 aromatic carbocycles. The lowest BCUT2D eigenvalue weighted by Crippen LogP contribution is -2.43. The number of rotatable bonds is 5. The van der Waals surface area contributed by atoms with Crippen LogP contribution in [-0.4, -0.2) is 54.9 Å². The van der Waals surface area contributed by atoms with Crippen molar-refractivity contribution >= 4 is 28.2 Å². The molecule has 156 valence electrons. The fourth-order valence-electron chi connectivity index (χ4n) is 4.19. The fourth-order valence-corrected chi connectivity index (χ4v) is 4.19. The number of halogens is 2. The Morgan fingerprint density at radius 1 is 1.17 bits per heavy atom. The van der Waals surface area contributed by atoms with Crippen LogP contribution in [0.4, 0.5) is 20.2 Å². The van der Waals surface area contributed by atoms with Gasteiger partial charge in [0.25, 0.3) is 0 Å². The quantitative estimate of drug-likeness (QED) is 0.545. The average Bonchev–Trinajstić information content (AvgIpc) is 3.45. The molecule has 0 spiro atoms. The number of carboxylic acids is 1. The van der Waals surface area contributed by atoms with Crippen LogP contribution < -0.4 is 26.7 Å². The number of nitrogens with two attached hydrogens (primary N) is 1. The molecule has 8 nitrogen and oxygen atoms in total. The average molecular weight is 407 g/mol. The molecule has 0 unspecified atom stereocenters. The van der Waals surface area contributed by atoms with Crippen LogP contribution in [0.2, 0.25) is 0 Å². The molecule has 10 heteroatoms. The van der Waals surface area contributed by atoms with Crippen LogP contribution in [0.25, 0.3) is 10.9 Å². The topological polar surface area (TPSA) is 113 Å². The molecule has 0 amide bonds. The van der Waals surface area contributed by atoms with Crippen molar-refractivity contribution in [3.63, 3.8) is 0 Å². The molecule has 0 radical (unpaired) electrons. The van der Waals surface area contributed by atoms with E-state index in [2.05, 4.69) is 10.6 Å². The summed E-state index contributed by atoms with van der Waals surface area (Å²) >= 11 is 0. The molecule has 1 aliphatic carbocycles. The van der Waals surface area contributed by atoms with Gasteiger partial charge in [0.2, 0.25) is 5.43 Å². The molecular weight excluding hydrogens is 384 g/mol. The Balaban J connectivity index is 2.00. The van der Waals surface area contributed by atoms with E-state index in [9.17, 15) is 14.7 Å². The first kappa shape index (κ1) is 19.6. The van der Waals surface area contributed by atoms with Gasteiger partial charge in [0.1, 0.15) is 11.3 Å². The Morgan fingerprint density at radius 3 is 2.24 bits per heavy atom. The number of benzene rings is 1. The maximum Gasteiger partial charge on any atom is 0.341 e. The predicted octanol–water partition coefficient (Wildman–Crippen LogP) is 0.891. The van der Waals surface area contributed by atoms with Crippen LogP contribution in [0, 0.1) is 11.6 Å². The molecule has 1 aromatic heterocycles. The molecule has 1 saturated carbocycles. The fraction of sp³-hybridized carbons (Fsp3) is 0.474. The van der Waals surface area contributed by atoms with E-state index in [0.717, 1.165) is 19.0 Å². The number of nitrogens with one attached hydrogen (secondary N) is 2. The third-order valence-corrected chi connectivity index (χ3v) is 5.91. The number of carbonyl (C=O) groups is 1. The summed E-state index contributed by atoms with van der Waals surface area (Å²) in [4.78, 5) is 25.7. The van der Waals surface area contributed by atoms with Gasteiger partial charge in [0.15, 0.2) is 11.6 Å². The Kier molecular flexibility index (Phi) is 4.70. The van der Waals surface area contributed by atoms with Gasteiger partial charge in [0.05, 0.1) is 16.6 Å². The largest absolute Gasteiger partial charge is 0.477 e. The summed E-state index contributed by atoms with van der Waals surface area (Å²) in [5.74, 6) is -3.38. The number of hydrogen-bond donors (Lipinski definition) is 4. The van der Waals surface area contributed by atoms with E-state index < -0.39 is 39.7 Å². The highest BCUT2D eigenvalue weighted by Gasteiger charge is 2.37. The first-order valence-electron chi connectivity index (χ1n) is 9.48. The summed E-state index contributed by atoms with van der Waals surface area (Å²) in [6.45, 7) is 0.698. The van der Waals surface area contributed by atoms with E-state index in [0.29, 0.717) is 13.1 Å². The van der Waals surface area contributed by atoms with Gasteiger partial charge < -0.3 is 30.9 Å². The van der Waals surface area contributed by atoms with Gasteiger partial charge in [-0.3, -0.25) is 4.79 Å². The number of nitrogen functional groups attached to an aromatic ring is 1. The molecule has 4 rings (SSSR count). The number of carboxylic acid groups (broad SMARTS) is 1. The SMILES string of the molecule is CN[C@@H]1CN(c2c(F)c(N)c3c(=O)c(C(=O)O)cn(C4CC4)c3c2F)C[C@H]1NC. The van der Waals surface area contributed by atoms with Crippen molar-refractivity contribution < 1.29 is 18.7 Å². The molecule has 2 heterocycles. The van der Waals surface area contributed by atoms with Crippen molar-refractivity contribution in [1.82, 2.24) is 15.2 Å². The molecule has 2 aliphatic rings. The monoisotopic (exact) mass is 407 g/mol. The van der Waals surface area contributed by atoms with Crippen molar-refractivity contribution in [2.24, 2.45) is 0 Å². The van der Waals surface area contributed by atoms with E-state index >= 15 is 8.78 Å². The number of likely N-dealkylation sites (N-methyl/N-ethyl adjacent to an activating group) is 2. The Morgan fingerprint density at radius 2 is 1.76 bits per heavy atom. The van der Waals surface area contributed by atoms with E-state index in [4.69, 9.17) is 5.73 Å². The van der Waals surface area contributed by atoms with Crippen molar-refractivity contribution in [3.05, 3.63) is 33.6 Å². The van der Waals surface area contributed by atoms with E-state index in [-0.39, 0.29) is 29.3 Å². The van der Waals surface area contributed by atoms with Gasteiger partial charge in [-0.1, -0.05) is 0 Å². The van der Waals surface area contributed by atoms with Crippen molar-refractivity contribution in [3.8, 4) is 0 Å². The first-order valence-corrected chi connectivity index (χ1v) is 9.48. The minimum Gasteiger partial charge on any atom is -0.477 e. The zero-order chi connectivity index (χ0) is 21.0. The molecule has 5 N–H and O–H groups in total. The third kappa shape index (κ3) is 2.94. The second-order valence-electron chi connectivity index (χ2n) is 7.62. The molecule has 2 aromatic rings. The van der Waals surface area contributed by atoms with Crippen LogP contribution >= 0.6 is 0 Å². The molecule has 0 bridgehead atoms. The number of aromatic carboxylic acids is 1. The number of nitrogens with zero attached hydrogens (tertiary/aromatic N) is 2. The molecule has 1 aliphatic heterocycles. The standard InChI is InChI=1S/C19H23F2N5O3/c1-23-10-6-25(7-11(10)24-2)17-13(20)15(22)12-16(14(17)21)26(8-3-4-8)5-9(18(12)27)19(28)29/h5,8,10-11,23-24H,3-4,6-7,22H2,1-2H3,(H,28,29)/t10-,11-/m1/s1. The lowest BCUT2D eigenvalue weighted by Gasteiger charge is -2.23. The minimum absolute atomic E-state index is 0.0317. The second-order valence-corrected chi connectivity index (χ2v) is 7.62. The molecule has 29 heavy (non-hydrogen) atoms. The lowest BCUT2D eigenvalue weighted by atomic mass is 10.1. The first-order chi connectivity index (χ1) is 13.8. The maximum absolute atomic E-state index is 15.7. The van der Waals surface area contributed by atoms with E-state index in [1.54, 1.807) is 19.0 Å². The lowest BCUT2D eigenvalue weighted by molar-refractivity contribution is 0.0695. The normalized spacial score (nSPS) is 21.9. The van der Waals surface area contributed by atoms with E-state index in [1.807, 2.05) is 0 Å². The van der Waals surface area contributed by atoms with Crippen LogP contribution in [0.15, 0.2) is 11.0 Å². The summed E-state index contributed by atoms with van der Waals surface area (Å²) < 4.78 is 32.4. The third-order valence-electron chi connectivity index (χ3n) is 5.91. The van der Waals surface area contributed by atoms with Gasteiger partial charge in [-0.2, -0.15) is 0 Å². The summed E-state index contributed by atoms with van der Waals surface area (Å²) in [7, 11) is 3.55. The minimum atomic E-state index is -1.45. The zero-order valence-corrected chi connectivity index (χ0v) is 16.1.